The molecule has 138 valence electrons. The van der Waals surface area contributed by atoms with Gasteiger partial charge in [-0.2, -0.15) is 0 Å². The van der Waals surface area contributed by atoms with Crippen LogP contribution in [0.3, 0.4) is 0 Å². The predicted molar refractivity (Wildman–Crippen MR) is 101 cm³/mol. The number of likely N-dealkylation sites (tertiary alicyclic amines) is 1. The van der Waals surface area contributed by atoms with E-state index in [1.807, 2.05) is 17.9 Å². The molecule has 1 N–H and O–H groups in total. The Labute approximate surface area is 155 Å². The lowest BCUT2D eigenvalue weighted by atomic mass is 9.76. The van der Waals surface area contributed by atoms with E-state index in [9.17, 15) is 9.90 Å². The van der Waals surface area contributed by atoms with Crippen LogP contribution in [0.4, 0.5) is 0 Å². The highest BCUT2D eigenvalue weighted by atomic mass is 16.3. The van der Waals surface area contributed by atoms with Gasteiger partial charge in [-0.3, -0.25) is 9.78 Å². The minimum absolute atomic E-state index is 0.0851. The molecule has 1 aliphatic rings. The van der Waals surface area contributed by atoms with Gasteiger partial charge in [-0.15, -0.1) is 0 Å². The van der Waals surface area contributed by atoms with Gasteiger partial charge in [0.05, 0.1) is 18.5 Å². The first kappa shape index (κ1) is 18.5. The molecule has 26 heavy (non-hydrogen) atoms. The van der Waals surface area contributed by atoms with Crippen molar-refractivity contribution in [3.05, 3.63) is 59.7 Å². The van der Waals surface area contributed by atoms with Crippen molar-refractivity contribution >= 4 is 5.91 Å². The van der Waals surface area contributed by atoms with Gasteiger partial charge < -0.3 is 10.0 Å². The second-order valence-corrected chi connectivity index (χ2v) is 7.37. The Morgan fingerprint density at radius 1 is 1.23 bits per heavy atom. The Kier molecular flexibility index (Phi) is 5.99. The molecule has 1 unspecified atom stereocenters. The highest BCUT2D eigenvalue weighted by Crippen LogP contribution is 2.35. The number of benzene rings is 1. The van der Waals surface area contributed by atoms with E-state index in [4.69, 9.17) is 0 Å². The molecule has 2 heterocycles. The van der Waals surface area contributed by atoms with Crippen molar-refractivity contribution in [2.24, 2.45) is 5.41 Å². The Hall–Kier alpha value is -2.27. The maximum atomic E-state index is 12.8. The van der Waals surface area contributed by atoms with Crippen LogP contribution < -0.4 is 0 Å². The van der Waals surface area contributed by atoms with Crippen LogP contribution in [0.25, 0.3) is 0 Å². The summed E-state index contributed by atoms with van der Waals surface area (Å²) >= 11 is 0. The molecule has 1 aliphatic heterocycles. The van der Waals surface area contributed by atoms with E-state index in [2.05, 4.69) is 34.2 Å². The minimum Gasteiger partial charge on any atom is -0.396 e. The standard InChI is InChI=1S/C21H27N3O2/c1-17-13-23-19(14-22-17)20(26)24-12-6-11-21(15-24,16-25)10-5-9-18-7-3-2-4-8-18/h2-4,7-8,13-14,25H,5-6,9-12,15-16H2,1H3. The fraction of sp³-hybridized carbons (Fsp3) is 0.476. The summed E-state index contributed by atoms with van der Waals surface area (Å²) in [4.78, 5) is 23.0. The zero-order valence-electron chi connectivity index (χ0n) is 15.4. The number of amides is 1. The number of aliphatic hydroxyl groups excluding tert-OH is 1. The smallest absolute Gasteiger partial charge is 0.274 e. The van der Waals surface area contributed by atoms with Crippen LogP contribution in [0.15, 0.2) is 42.7 Å². The van der Waals surface area contributed by atoms with Crippen LogP contribution >= 0.6 is 0 Å². The number of nitrogens with zero attached hydrogens (tertiary/aromatic N) is 3. The van der Waals surface area contributed by atoms with Crippen molar-refractivity contribution in [2.45, 2.75) is 39.0 Å². The van der Waals surface area contributed by atoms with Gasteiger partial charge in [0.2, 0.25) is 0 Å². The topological polar surface area (TPSA) is 66.3 Å². The van der Waals surface area contributed by atoms with Crippen molar-refractivity contribution < 1.29 is 9.90 Å². The molecule has 0 aliphatic carbocycles. The summed E-state index contributed by atoms with van der Waals surface area (Å²) in [7, 11) is 0. The summed E-state index contributed by atoms with van der Waals surface area (Å²) in [5, 5.41) is 10.1. The summed E-state index contributed by atoms with van der Waals surface area (Å²) in [6.45, 7) is 3.28. The van der Waals surface area contributed by atoms with Gasteiger partial charge >= 0.3 is 0 Å². The number of aryl methyl sites for hydroxylation is 2. The van der Waals surface area contributed by atoms with E-state index >= 15 is 0 Å². The van der Waals surface area contributed by atoms with Gasteiger partial charge in [-0.1, -0.05) is 30.3 Å². The number of aromatic nitrogens is 2. The zero-order chi connectivity index (χ0) is 18.4. The normalized spacial score (nSPS) is 20.2. The van der Waals surface area contributed by atoms with E-state index in [0.29, 0.717) is 12.2 Å². The lowest BCUT2D eigenvalue weighted by Crippen LogP contribution is -2.48. The van der Waals surface area contributed by atoms with Crippen molar-refractivity contribution in [2.75, 3.05) is 19.7 Å². The molecule has 1 fully saturated rings. The summed E-state index contributed by atoms with van der Waals surface area (Å²) in [5.74, 6) is -0.0851. The first-order valence-electron chi connectivity index (χ1n) is 9.35. The second kappa shape index (κ2) is 8.41. The molecule has 5 heteroatoms. The lowest BCUT2D eigenvalue weighted by molar-refractivity contribution is 0.0213. The molecule has 1 saturated heterocycles. The number of hydrogen-bond donors (Lipinski definition) is 1. The van der Waals surface area contributed by atoms with Crippen molar-refractivity contribution in [3.8, 4) is 0 Å². The predicted octanol–water partition coefficient (Wildman–Crippen LogP) is 3.02. The Bertz CT molecular complexity index is 718. The Morgan fingerprint density at radius 2 is 2.04 bits per heavy atom. The molecule has 5 nitrogen and oxygen atoms in total. The fourth-order valence-electron chi connectivity index (χ4n) is 3.77. The summed E-state index contributed by atoms with van der Waals surface area (Å²) in [6, 6.07) is 10.4. The van der Waals surface area contributed by atoms with Crippen LogP contribution in [0.1, 0.15) is 47.4 Å². The highest BCUT2D eigenvalue weighted by molar-refractivity contribution is 5.92. The second-order valence-electron chi connectivity index (χ2n) is 7.37. The molecule has 1 amide bonds. The molecule has 3 rings (SSSR count). The average molecular weight is 353 g/mol. The number of rotatable bonds is 6. The first-order valence-corrected chi connectivity index (χ1v) is 9.35. The molecule has 0 saturated carbocycles. The monoisotopic (exact) mass is 353 g/mol. The summed E-state index contributed by atoms with van der Waals surface area (Å²) in [5.41, 5.74) is 2.29. The third-order valence-corrected chi connectivity index (χ3v) is 5.30. The Balaban J connectivity index is 1.62. The van der Waals surface area contributed by atoms with E-state index in [1.54, 1.807) is 12.4 Å². The molecule has 1 atom stereocenters. The molecule has 0 bridgehead atoms. The van der Waals surface area contributed by atoms with E-state index in [1.165, 1.54) is 5.56 Å². The molecule has 0 radical (unpaired) electrons. The number of carbonyl (C=O) groups is 1. The van der Waals surface area contributed by atoms with Crippen molar-refractivity contribution in [3.63, 3.8) is 0 Å². The number of piperidine rings is 1. The minimum atomic E-state index is -0.208. The van der Waals surface area contributed by atoms with Crippen LogP contribution in [0, 0.1) is 12.3 Å². The average Bonchev–Trinajstić information content (AvgIpc) is 2.69. The van der Waals surface area contributed by atoms with Gasteiger partial charge in [-0.05, 0) is 44.6 Å². The molecule has 1 aromatic carbocycles. The Morgan fingerprint density at radius 3 is 2.73 bits per heavy atom. The lowest BCUT2D eigenvalue weighted by Gasteiger charge is -2.42. The third-order valence-electron chi connectivity index (χ3n) is 5.30. The van der Waals surface area contributed by atoms with Crippen LogP contribution in [-0.2, 0) is 6.42 Å². The largest absolute Gasteiger partial charge is 0.396 e. The molecular weight excluding hydrogens is 326 g/mol. The number of carbonyl (C=O) groups excluding carboxylic acids is 1. The van der Waals surface area contributed by atoms with Crippen LogP contribution in [0.2, 0.25) is 0 Å². The van der Waals surface area contributed by atoms with Gasteiger partial charge in [0.1, 0.15) is 5.69 Å². The maximum Gasteiger partial charge on any atom is 0.274 e. The van der Waals surface area contributed by atoms with Crippen molar-refractivity contribution in [1.29, 1.82) is 0 Å². The van der Waals surface area contributed by atoms with Crippen LogP contribution in [0.5, 0.6) is 0 Å². The molecule has 0 spiro atoms. The fourth-order valence-corrected chi connectivity index (χ4v) is 3.77. The zero-order valence-corrected chi connectivity index (χ0v) is 15.4. The summed E-state index contributed by atoms with van der Waals surface area (Å²) in [6.07, 6.45) is 7.97. The molecule has 2 aromatic rings. The third kappa shape index (κ3) is 4.47. The van der Waals surface area contributed by atoms with E-state index in [-0.39, 0.29) is 17.9 Å². The first-order chi connectivity index (χ1) is 12.6. The maximum absolute atomic E-state index is 12.8. The van der Waals surface area contributed by atoms with Gasteiger partial charge in [0.25, 0.3) is 5.91 Å². The number of aliphatic hydroxyl groups is 1. The number of hydrogen-bond acceptors (Lipinski definition) is 4. The summed E-state index contributed by atoms with van der Waals surface area (Å²) < 4.78 is 0. The van der Waals surface area contributed by atoms with Crippen molar-refractivity contribution in [1.82, 2.24) is 14.9 Å². The van der Waals surface area contributed by atoms with Gasteiger partial charge in [0.15, 0.2) is 0 Å². The van der Waals surface area contributed by atoms with Gasteiger partial charge in [-0.25, -0.2) is 4.98 Å². The van der Waals surface area contributed by atoms with E-state index < -0.39 is 0 Å². The van der Waals surface area contributed by atoms with Crippen LogP contribution in [-0.4, -0.2) is 45.6 Å². The SMILES string of the molecule is Cc1cnc(C(=O)N2CCCC(CO)(CCCc3ccccc3)C2)cn1. The quantitative estimate of drug-likeness (QED) is 0.867. The molecule has 1 aromatic heterocycles. The molecular formula is C21H27N3O2. The highest BCUT2D eigenvalue weighted by Gasteiger charge is 2.36. The van der Waals surface area contributed by atoms with E-state index in [0.717, 1.165) is 44.3 Å². The van der Waals surface area contributed by atoms with Gasteiger partial charge in [0, 0.05) is 24.7 Å².